The number of amides is 11. The number of guanidine groups is 1. The summed E-state index contributed by atoms with van der Waals surface area (Å²) in [7, 11) is 0. The van der Waals surface area contributed by atoms with Crippen LogP contribution in [-0.2, 0) is 76.8 Å². The van der Waals surface area contributed by atoms with Crippen molar-refractivity contribution >= 4 is 87.8 Å². The van der Waals surface area contributed by atoms with Crippen LogP contribution in [-0.4, -0.2) is 205 Å². The van der Waals surface area contributed by atoms with Crippen molar-refractivity contribution in [3.05, 3.63) is 84.1 Å². The van der Waals surface area contributed by atoms with Crippen molar-refractivity contribution in [2.45, 2.75) is 158 Å². The van der Waals surface area contributed by atoms with Gasteiger partial charge in [0.05, 0.1) is 19.5 Å². The molecule has 2 saturated heterocycles. The summed E-state index contributed by atoms with van der Waals surface area (Å²) >= 11 is 0. The average molecular weight is 1370 g/mol. The van der Waals surface area contributed by atoms with Crippen LogP contribution in [0.1, 0.15) is 94.9 Å². The molecule has 2 aliphatic heterocycles. The Morgan fingerprint density at radius 1 is 0.711 bits per heavy atom. The van der Waals surface area contributed by atoms with E-state index in [0.29, 0.717) is 47.0 Å². The fourth-order valence-corrected chi connectivity index (χ4v) is 10.6. The number of fused-ring (bicyclic) bond motifs is 1. The number of nitrogens with one attached hydrogen (secondary N) is 11. The van der Waals surface area contributed by atoms with Gasteiger partial charge in [0.2, 0.25) is 65.0 Å². The number of phenolic OH excluding ortho intramolecular Hbond substituents is 1. The van der Waals surface area contributed by atoms with Crippen LogP contribution in [0.3, 0.4) is 0 Å². The summed E-state index contributed by atoms with van der Waals surface area (Å²) < 4.78 is 31.7. The molecule has 0 radical (unpaired) electrons. The number of nitrogens with two attached hydrogens (primary N) is 4. The van der Waals surface area contributed by atoms with Gasteiger partial charge in [-0.25, -0.2) is 9.78 Å². The quantitative estimate of drug-likeness (QED) is 0.0122. The fourth-order valence-electron chi connectivity index (χ4n) is 10.6. The zero-order chi connectivity index (χ0) is 71.5. The van der Waals surface area contributed by atoms with Gasteiger partial charge in [-0.05, 0) is 99.6 Å². The topological polar surface area (TPSA) is 538 Å². The number of primary amides is 1. The summed E-state index contributed by atoms with van der Waals surface area (Å²) in [4.78, 5) is 176. The summed E-state index contributed by atoms with van der Waals surface area (Å²) in [5.41, 5.74) is 24.3. The molecule has 36 heteroatoms. The number of imidazole rings is 1. The van der Waals surface area contributed by atoms with E-state index in [1.807, 2.05) is 0 Å². The van der Waals surface area contributed by atoms with Crippen molar-refractivity contribution in [3.63, 3.8) is 0 Å². The van der Waals surface area contributed by atoms with Gasteiger partial charge in [-0.3, -0.25) is 57.7 Å². The lowest BCUT2D eigenvalue weighted by atomic mass is 10.00. The number of benzene rings is 2. The van der Waals surface area contributed by atoms with Gasteiger partial charge in [-0.2, -0.15) is 13.2 Å². The number of hydrogen-bond donors (Lipinski definition) is 18. The number of rotatable bonds is 35. The van der Waals surface area contributed by atoms with Crippen LogP contribution >= 0.6 is 0 Å². The predicted octanol–water partition coefficient (Wildman–Crippen LogP) is -3.26. The van der Waals surface area contributed by atoms with Crippen LogP contribution in [0.5, 0.6) is 5.75 Å². The molecule has 0 aliphatic carbocycles. The number of alkyl halides is 3. The van der Waals surface area contributed by atoms with Crippen LogP contribution in [0.25, 0.3) is 10.9 Å². The van der Waals surface area contributed by atoms with E-state index >= 15 is 0 Å². The highest BCUT2D eigenvalue weighted by molar-refractivity contribution is 6.00. The maximum absolute atomic E-state index is 14.7. The molecule has 530 valence electrons. The Morgan fingerprint density at radius 3 is 1.88 bits per heavy atom. The highest BCUT2D eigenvalue weighted by atomic mass is 19.4. The third kappa shape index (κ3) is 25.0. The molecule has 2 aliphatic rings. The summed E-state index contributed by atoms with van der Waals surface area (Å²) in [6, 6.07) is 0.871. The van der Waals surface area contributed by atoms with Gasteiger partial charge in [0.15, 0.2) is 5.96 Å². The second-order valence-electron chi connectivity index (χ2n) is 23.5. The molecule has 2 fully saturated rings. The van der Waals surface area contributed by atoms with E-state index in [0.717, 1.165) is 0 Å². The molecule has 0 spiro atoms. The number of halogens is 3. The highest BCUT2D eigenvalue weighted by Crippen LogP contribution is 2.23. The van der Waals surface area contributed by atoms with Crippen LogP contribution in [0.4, 0.5) is 13.2 Å². The number of unbranched alkanes of at least 4 members (excludes halogenated alkanes) is 1. The third-order valence-corrected chi connectivity index (χ3v) is 15.5. The molecular formula is C61H85F3N18O15. The number of nitrogens with zero attached hydrogens (tertiary/aromatic N) is 3. The minimum Gasteiger partial charge on any atom is -0.508 e. The number of carboxylic acids is 1. The lowest BCUT2D eigenvalue weighted by Crippen LogP contribution is -2.61. The number of phenols is 1. The zero-order valence-corrected chi connectivity index (χ0v) is 53.4. The molecule has 4 heterocycles. The monoisotopic (exact) mass is 1370 g/mol. The number of hydrogen-bond acceptors (Lipinski definition) is 17. The van der Waals surface area contributed by atoms with Crippen molar-refractivity contribution in [2.75, 3.05) is 32.8 Å². The molecule has 0 unspecified atom stereocenters. The molecule has 22 N–H and O–H groups in total. The van der Waals surface area contributed by atoms with Crippen molar-refractivity contribution in [3.8, 4) is 5.75 Å². The summed E-state index contributed by atoms with van der Waals surface area (Å²) in [5, 5.41) is 52.5. The van der Waals surface area contributed by atoms with Crippen molar-refractivity contribution in [2.24, 2.45) is 33.8 Å². The first-order valence-electron chi connectivity index (χ1n) is 31.2. The number of aliphatic hydroxyl groups is 1. The molecule has 0 bridgehead atoms. The van der Waals surface area contributed by atoms with Gasteiger partial charge < -0.3 is 101 Å². The van der Waals surface area contributed by atoms with Crippen LogP contribution in [0.15, 0.2) is 72.2 Å². The number of aromatic hydroxyl groups is 1. The molecule has 6 rings (SSSR count). The van der Waals surface area contributed by atoms with Crippen LogP contribution in [0.2, 0.25) is 0 Å². The minimum atomic E-state index is -5.08. The molecule has 2 aromatic carbocycles. The molecule has 11 amide bonds. The fraction of sp³-hybridized carbons (Fsp3) is 0.508. The van der Waals surface area contributed by atoms with E-state index in [2.05, 4.69) is 67.8 Å². The van der Waals surface area contributed by atoms with Crippen LogP contribution < -0.4 is 70.8 Å². The predicted molar refractivity (Wildman–Crippen MR) is 341 cm³/mol. The minimum absolute atomic E-state index is 0.00338. The van der Waals surface area contributed by atoms with E-state index in [4.69, 9.17) is 32.8 Å². The molecule has 33 nitrogen and oxygen atoms in total. The van der Waals surface area contributed by atoms with Gasteiger partial charge >= 0.3 is 12.1 Å². The largest absolute Gasteiger partial charge is 0.508 e. The van der Waals surface area contributed by atoms with Gasteiger partial charge in [0, 0.05) is 67.8 Å². The number of carbonyl (C=O) groups excluding carboxylic acids is 11. The molecular weight excluding hydrogens is 1280 g/mol. The SMILES string of the molecule is CC(C)C[C@H](NC(=O)[C@@H](CCCCN)NC(=O)[C@H](Cc1ccc(O)cc1)NC(=O)[C@H](CO)NC(=O)[C@H](Cc1c[nH]c2ccccc12)NC(=O)[C@H](Cc1cnc[nH]1)NC(=O)[C@@H]1CCC(=O)N1)C(=O)N[C@@H](CCCN=C(N)N)C(=O)N1CCC[C@H]1C(=O)NCC(N)=O.O=C(O)C(F)(F)F. The van der Waals surface area contributed by atoms with Gasteiger partial charge in [-0.15, -0.1) is 0 Å². The summed E-state index contributed by atoms with van der Waals surface area (Å²) in [6.07, 6.45) is 0.751. The standard InChI is InChI=1S/C59H84N18O13.C2HF3O2/c1-32(2)23-42(52(84)71-41(12-7-21-65-59(62)63)58(90)77-22-8-13-47(77)57(89)67-29-48(61)80)72-50(82)39(11-5-6-20-60)70-53(85)43(24-33-14-16-36(79)17-15-33)73-56(88)46(30-78)76-54(86)44(25-34-27-66-38-10-4-3-9-37(34)38)74-55(87)45(26-35-28-64-31-68-35)75-51(83)40-18-19-49(81)69-40;3-2(4,5)1(6)7/h3-4,9-10,14-17,27-28,31-32,39-47,66,78-79H,5-8,11-13,18-26,29-30,60H2,1-2H3,(H2,61,80)(H,64,68)(H,67,89)(H,69,81)(H,70,85)(H,71,84)(H,72,82)(H,73,88)(H,74,87)(H,75,83)(H,76,86)(H4,62,63,65);(H,6,7)/t39-,40+,41+,42+,43+,44+,45+,46+,47+;/m1./s1. The van der Waals surface area contributed by atoms with E-state index in [1.54, 1.807) is 44.3 Å². The Bertz CT molecular complexity index is 3400. The van der Waals surface area contributed by atoms with E-state index in [9.17, 15) is 76.1 Å². The number of aliphatic imine (C=N–C) groups is 1. The average Bonchev–Trinajstić information content (AvgIpc) is 1.75. The number of aromatic amines is 2. The third-order valence-electron chi connectivity index (χ3n) is 15.5. The lowest BCUT2D eigenvalue weighted by molar-refractivity contribution is -0.192. The molecule has 0 saturated carbocycles. The van der Waals surface area contributed by atoms with Gasteiger partial charge in [0.1, 0.15) is 60.1 Å². The molecule has 4 aromatic rings. The van der Waals surface area contributed by atoms with E-state index in [1.165, 1.54) is 41.7 Å². The summed E-state index contributed by atoms with van der Waals surface area (Å²) in [5.74, 6) is -11.6. The highest BCUT2D eigenvalue weighted by Gasteiger charge is 2.41. The second-order valence-corrected chi connectivity index (χ2v) is 23.5. The molecule has 97 heavy (non-hydrogen) atoms. The number of aromatic nitrogens is 3. The Morgan fingerprint density at radius 2 is 1.29 bits per heavy atom. The second kappa shape index (κ2) is 37.6. The number of likely N-dealkylation sites (tertiary alicyclic amines) is 1. The maximum Gasteiger partial charge on any atom is 0.490 e. The molecule has 2 aromatic heterocycles. The number of carboxylic acid groups (broad SMARTS) is 1. The number of para-hydroxylation sites is 1. The summed E-state index contributed by atoms with van der Waals surface area (Å²) in [6.45, 7) is 2.57. The van der Waals surface area contributed by atoms with Crippen molar-refractivity contribution < 1.29 is 86.0 Å². The number of carbonyl (C=O) groups is 12. The Balaban J connectivity index is 0.00000230. The van der Waals surface area contributed by atoms with Gasteiger partial charge in [0.25, 0.3) is 0 Å². The maximum atomic E-state index is 14.7. The lowest BCUT2D eigenvalue weighted by Gasteiger charge is -2.30. The normalized spacial score (nSPS) is 16.5. The Labute approximate surface area is 554 Å². The number of aliphatic carboxylic acids is 1. The number of H-pyrrole nitrogens is 2. The van der Waals surface area contributed by atoms with Crippen molar-refractivity contribution in [1.82, 2.24) is 67.7 Å². The zero-order valence-electron chi connectivity index (χ0n) is 53.4. The Kier molecular flexibility index (Phi) is 30.0. The van der Waals surface area contributed by atoms with E-state index < -0.39 is 139 Å². The first kappa shape index (κ1) is 77.3. The smallest absolute Gasteiger partial charge is 0.490 e. The number of aliphatic hydroxyl groups excluding tert-OH is 1. The molecule has 9 atom stereocenters. The Hall–Kier alpha value is -10.4. The first-order valence-corrected chi connectivity index (χ1v) is 31.2. The van der Waals surface area contributed by atoms with Crippen molar-refractivity contribution in [1.29, 1.82) is 0 Å². The first-order chi connectivity index (χ1) is 46.0. The van der Waals surface area contributed by atoms with Gasteiger partial charge in [-0.1, -0.05) is 44.2 Å². The van der Waals surface area contributed by atoms with E-state index in [-0.39, 0.29) is 107 Å². The van der Waals surface area contributed by atoms with Crippen LogP contribution in [0, 0.1) is 5.92 Å².